The molecule has 0 aromatic carbocycles. The van der Waals surface area contributed by atoms with Crippen LogP contribution in [0.25, 0.3) is 0 Å². The highest BCUT2D eigenvalue weighted by Crippen LogP contribution is 2.41. The smallest absolute Gasteiger partial charge is 0.348 e. The number of amides is 1. The molecule has 1 aliphatic carbocycles. The quantitative estimate of drug-likeness (QED) is 0.487. The molecule has 0 bridgehead atoms. The van der Waals surface area contributed by atoms with Gasteiger partial charge in [0.2, 0.25) is 5.91 Å². The van der Waals surface area contributed by atoms with Crippen LogP contribution in [0.4, 0.5) is 5.69 Å². The van der Waals surface area contributed by atoms with Gasteiger partial charge in [-0.25, -0.2) is 13.2 Å². The number of anilines is 1. The number of rotatable bonds is 6. The van der Waals surface area contributed by atoms with Crippen LogP contribution in [-0.2, 0) is 20.2 Å². The van der Waals surface area contributed by atoms with Crippen molar-refractivity contribution >= 4 is 50.3 Å². The SMILES string of the molecule is CC(C)(C)c1cc(N(C(=O)[C@H]2CC[C@H](C)CC2)C2CCN(S(=O)(=O)c3cccs3)CC2)c(C(=O)O)s1. The Morgan fingerprint density at radius 3 is 2.25 bits per heavy atom. The van der Waals surface area contributed by atoms with Crippen molar-refractivity contribution in [1.29, 1.82) is 0 Å². The van der Waals surface area contributed by atoms with E-state index in [0.29, 0.717) is 41.7 Å². The summed E-state index contributed by atoms with van der Waals surface area (Å²) in [5.41, 5.74) is 0.223. The second-order valence-corrected chi connectivity index (χ2v) is 15.3. The molecule has 0 unspecified atom stereocenters. The van der Waals surface area contributed by atoms with Gasteiger partial charge in [-0.15, -0.1) is 22.7 Å². The number of thiophene rings is 2. The number of carboxylic acid groups (broad SMARTS) is 1. The van der Waals surface area contributed by atoms with Gasteiger partial charge in [-0.1, -0.05) is 33.8 Å². The summed E-state index contributed by atoms with van der Waals surface area (Å²) in [6.45, 7) is 8.92. The van der Waals surface area contributed by atoms with Crippen LogP contribution in [0.15, 0.2) is 27.8 Å². The van der Waals surface area contributed by atoms with E-state index in [1.807, 2.05) is 26.8 Å². The van der Waals surface area contributed by atoms with E-state index in [-0.39, 0.29) is 28.2 Å². The van der Waals surface area contributed by atoms with E-state index in [9.17, 15) is 23.1 Å². The van der Waals surface area contributed by atoms with Crippen molar-refractivity contribution in [2.24, 2.45) is 11.8 Å². The Morgan fingerprint density at radius 1 is 1.08 bits per heavy atom. The van der Waals surface area contributed by atoms with E-state index in [1.54, 1.807) is 22.4 Å². The van der Waals surface area contributed by atoms with Crippen LogP contribution in [0.5, 0.6) is 0 Å². The lowest BCUT2D eigenvalue weighted by Gasteiger charge is -2.40. The summed E-state index contributed by atoms with van der Waals surface area (Å²) in [5, 5.41) is 11.8. The second-order valence-electron chi connectivity index (χ2n) is 11.1. The molecular formula is C26H36N2O5S3. The van der Waals surface area contributed by atoms with Crippen LogP contribution in [0, 0.1) is 11.8 Å². The first-order chi connectivity index (χ1) is 16.9. The number of hydrogen-bond acceptors (Lipinski definition) is 6. The van der Waals surface area contributed by atoms with Crippen molar-refractivity contribution in [2.45, 2.75) is 81.9 Å². The molecule has 2 aromatic rings. The van der Waals surface area contributed by atoms with E-state index >= 15 is 0 Å². The second kappa shape index (κ2) is 10.6. The molecule has 1 aliphatic heterocycles. The number of nitrogens with zero attached hydrogens (tertiary/aromatic N) is 2. The van der Waals surface area contributed by atoms with Crippen LogP contribution < -0.4 is 4.90 Å². The Labute approximate surface area is 222 Å². The Bertz CT molecular complexity index is 1180. The van der Waals surface area contributed by atoms with Crippen LogP contribution in [0.1, 0.15) is 80.8 Å². The minimum Gasteiger partial charge on any atom is -0.477 e. The lowest BCUT2D eigenvalue weighted by Crippen LogP contribution is -2.51. The topological polar surface area (TPSA) is 95.0 Å². The van der Waals surface area contributed by atoms with E-state index in [4.69, 9.17) is 0 Å². The third kappa shape index (κ3) is 5.56. The summed E-state index contributed by atoms with van der Waals surface area (Å²) < 4.78 is 27.9. The molecule has 36 heavy (non-hydrogen) atoms. The number of piperidine rings is 1. The zero-order chi connectivity index (χ0) is 26.3. The molecule has 2 aromatic heterocycles. The van der Waals surface area contributed by atoms with Crippen molar-refractivity contribution in [3.63, 3.8) is 0 Å². The van der Waals surface area contributed by atoms with Crippen LogP contribution in [0.2, 0.25) is 0 Å². The Morgan fingerprint density at radius 2 is 1.72 bits per heavy atom. The predicted molar refractivity (Wildman–Crippen MR) is 145 cm³/mol. The summed E-state index contributed by atoms with van der Waals surface area (Å²) in [7, 11) is -3.56. The zero-order valence-electron chi connectivity index (χ0n) is 21.4. The summed E-state index contributed by atoms with van der Waals surface area (Å²) in [6, 6.07) is 4.98. The summed E-state index contributed by atoms with van der Waals surface area (Å²) in [4.78, 5) is 29.1. The zero-order valence-corrected chi connectivity index (χ0v) is 23.8. The molecule has 1 amide bonds. The standard InChI is InChI=1S/C26H36N2O5S3/c1-17-7-9-18(10-8-17)24(29)28(20-16-21(26(2,3)4)35-23(20)25(30)31)19-11-13-27(14-12-19)36(32,33)22-6-5-15-34-22/h5-6,15-19H,7-14H2,1-4H3,(H,30,31)/t17-,18-. The van der Waals surface area contributed by atoms with Gasteiger partial charge < -0.3 is 10.0 Å². The maximum atomic E-state index is 14.0. The van der Waals surface area contributed by atoms with E-state index in [1.165, 1.54) is 27.0 Å². The Balaban J connectivity index is 1.66. The third-order valence-corrected chi connectivity index (χ3v) is 12.2. The van der Waals surface area contributed by atoms with Gasteiger partial charge in [0, 0.05) is 29.9 Å². The predicted octanol–water partition coefficient (Wildman–Crippen LogP) is 5.82. The fourth-order valence-electron chi connectivity index (χ4n) is 5.16. The number of hydrogen-bond donors (Lipinski definition) is 1. The number of carbonyl (C=O) groups is 2. The molecule has 1 saturated carbocycles. The highest BCUT2D eigenvalue weighted by molar-refractivity contribution is 7.91. The van der Waals surface area contributed by atoms with Crippen molar-refractivity contribution < 1.29 is 23.1 Å². The van der Waals surface area contributed by atoms with E-state index < -0.39 is 16.0 Å². The fraction of sp³-hybridized carbons (Fsp3) is 0.615. The molecule has 2 aliphatic rings. The van der Waals surface area contributed by atoms with Gasteiger partial charge in [-0.3, -0.25) is 4.79 Å². The highest BCUT2D eigenvalue weighted by Gasteiger charge is 2.39. The molecule has 198 valence electrons. The average Bonchev–Trinajstić information content (AvgIpc) is 3.51. The van der Waals surface area contributed by atoms with Gasteiger partial charge in [0.25, 0.3) is 10.0 Å². The lowest BCUT2D eigenvalue weighted by molar-refractivity contribution is -0.124. The molecule has 3 heterocycles. The van der Waals surface area contributed by atoms with Gasteiger partial charge in [0.1, 0.15) is 9.09 Å². The maximum absolute atomic E-state index is 14.0. The number of carboxylic acids is 1. The molecule has 7 nitrogen and oxygen atoms in total. The summed E-state index contributed by atoms with van der Waals surface area (Å²) in [6.07, 6.45) is 4.54. The van der Waals surface area contributed by atoms with Crippen LogP contribution >= 0.6 is 22.7 Å². The van der Waals surface area contributed by atoms with Gasteiger partial charge in [-0.2, -0.15) is 4.31 Å². The minimum atomic E-state index is -3.56. The molecule has 1 N–H and O–H groups in total. The molecule has 0 radical (unpaired) electrons. The maximum Gasteiger partial charge on any atom is 0.348 e. The number of carbonyl (C=O) groups excluding carboxylic acids is 1. The first-order valence-electron chi connectivity index (χ1n) is 12.6. The van der Waals surface area contributed by atoms with Gasteiger partial charge in [-0.05, 0) is 67.4 Å². The van der Waals surface area contributed by atoms with Gasteiger partial charge >= 0.3 is 5.97 Å². The summed E-state index contributed by atoms with van der Waals surface area (Å²) in [5.74, 6) is -0.578. The van der Waals surface area contributed by atoms with E-state index in [2.05, 4.69) is 6.92 Å². The number of sulfonamides is 1. The van der Waals surface area contributed by atoms with Crippen LogP contribution in [0.3, 0.4) is 0 Å². The van der Waals surface area contributed by atoms with Crippen molar-refractivity contribution in [1.82, 2.24) is 4.31 Å². The third-order valence-electron chi connectivity index (χ3n) is 7.39. The van der Waals surface area contributed by atoms with Crippen molar-refractivity contribution in [3.8, 4) is 0 Å². The van der Waals surface area contributed by atoms with Crippen molar-refractivity contribution in [2.75, 3.05) is 18.0 Å². The van der Waals surface area contributed by atoms with Gasteiger partial charge in [0.15, 0.2) is 0 Å². The molecule has 4 rings (SSSR count). The lowest BCUT2D eigenvalue weighted by atomic mass is 9.82. The molecule has 0 spiro atoms. The Kier molecular flexibility index (Phi) is 8.00. The molecule has 10 heteroatoms. The molecular weight excluding hydrogens is 516 g/mol. The normalized spacial score (nSPS) is 22.4. The highest BCUT2D eigenvalue weighted by atomic mass is 32.2. The fourth-order valence-corrected chi connectivity index (χ4v) is 8.82. The average molecular weight is 553 g/mol. The Hall–Kier alpha value is -1.75. The summed E-state index contributed by atoms with van der Waals surface area (Å²) >= 11 is 2.44. The molecule has 0 atom stereocenters. The van der Waals surface area contributed by atoms with Crippen LogP contribution in [-0.4, -0.2) is 48.8 Å². The minimum absolute atomic E-state index is 0.0118. The first-order valence-corrected chi connectivity index (χ1v) is 15.8. The first kappa shape index (κ1) is 27.3. The molecule has 1 saturated heterocycles. The monoisotopic (exact) mass is 552 g/mol. The van der Waals surface area contributed by atoms with Gasteiger partial charge in [0.05, 0.1) is 5.69 Å². The number of aromatic carboxylic acids is 1. The van der Waals surface area contributed by atoms with E-state index in [0.717, 1.165) is 30.6 Å². The largest absolute Gasteiger partial charge is 0.477 e. The van der Waals surface area contributed by atoms with Crippen molar-refractivity contribution in [3.05, 3.63) is 33.3 Å². The molecule has 2 fully saturated rings.